The fourth-order valence-corrected chi connectivity index (χ4v) is 4.02. The quantitative estimate of drug-likeness (QED) is 0.209. The summed E-state index contributed by atoms with van der Waals surface area (Å²) in [5, 5.41) is 13.4. The fraction of sp³-hybridized carbons (Fsp3) is 0.0870. The van der Waals surface area contributed by atoms with Gasteiger partial charge in [0.1, 0.15) is 6.04 Å². The van der Waals surface area contributed by atoms with Gasteiger partial charge in [-0.3, -0.25) is 24.5 Å². The van der Waals surface area contributed by atoms with Gasteiger partial charge in [0, 0.05) is 17.7 Å². The number of carbonyl (C=O) groups excluding carboxylic acids is 3. The van der Waals surface area contributed by atoms with Crippen LogP contribution in [0.1, 0.15) is 42.7 Å². The molecule has 1 fully saturated rings. The molecule has 31 heavy (non-hydrogen) atoms. The van der Waals surface area contributed by atoms with Crippen molar-refractivity contribution < 1.29 is 19.3 Å². The molecule has 2 amide bonds. The minimum atomic E-state index is -0.772. The summed E-state index contributed by atoms with van der Waals surface area (Å²) >= 11 is 0. The zero-order valence-corrected chi connectivity index (χ0v) is 16.0. The third-order valence-electron chi connectivity index (χ3n) is 5.56. The Kier molecular flexibility index (Phi) is 4.23. The molecule has 2 aliphatic heterocycles. The lowest BCUT2D eigenvalue weighted by Gasteiger charge is -2.16. The largest absolute Gasteiger partial charge is 0.292 e. The number of nitro groups is 1. The summed E-state index contributed by atoms with van der Waals surface area (Å²) < 4.78 is 0. The predicted molar refractivity (Wildman–Crippen MR) is 109 cm³/mol. The van der Waals surface area contributed by atoms with Crippen LogP contribution in [0, 0.1) is 10.1 Å². The van der Waals surface area contributed by atoms with Crippen LogP contribution in [0.5, 0.6) is 0 Å². The number of benzene rings is 3. The topological polar surface area (TPSA) is 101 Å². The second-order valence-electron chi connectivity index (χ2n) is 7.32. The Labute approximate surface area is 176 Å². The van der Waals surface area contributed by atoms with E-state index >= 15 is 0 Å². The summed E-state index contributed by atoms with van der Waals surface area (Å²) in [5.41, 5.74) is 1.54. The highest BCUT2D eigenvalue weighted by molar-refractivity contribution is 6.21. The number of non-ortho nitro benzene ring substituents is 1. The first kappa shape index (κ1) is 18.8. The number of nitrogens with zero attached hydrogens (tertiary/aromatic N) is 3. The van der Waals surface area contributed by atoms with Crippen molar-refractivity contribution >= 4 is 23.3 Å². The Morgan fingerprint density at radius 2 is 1.35 bits per heavy atom. The van der Waals surface area contributed by atoms with E-state index in [1.165, 1.54) is 29.3 Å². The summed E-state index contributed by atoms with van der Waals surface area (Å²) in [4.78, 5) is 49.6. The van der Waals surface area contributed by atoms with E-state index in [0.29, 0.717) is 11.1 Å². The lowest BCUT2D eigenvalue weighted by molar-refractivity contribution is -0.384. The van der Waals surface area contributed by atoms with Crippen LogP contribution in [-0.4, -0.2) is 38.6 Å². The Balaban J connectivity index is 1.51. The average molecular weight is 413 g/mol. The Hall–Kier alpha value is -4.17. The summed E-state index contributed by atoms with van der Waals surface area (Å²) in [6.07, 6.45) is 0. The van der Waals surface area contributed by atoms with Crippen LogP contribution in [0.2, 0.25) is 0 Å². The van der Waals surface area contributed by atoms with Gasteiger partial charge in [-0.25, -0.2) is 5.01 Å². The van der Waals surface area contributed by atoms with Gasteiger partial charge >= 0.3 is 0 Å². The van der Waals surface area contributed by atoms with Crippen molar-refractivity contribution in [1.82, 2.24) is 10.0 Å². The molecule has 2 aliphatic rings. The molecule has 152 valence electrons. The molecule has 0 N–H and O–H groups in total. The Bertz CT molecular complexity index is 1200. The van der Waals surface area contributed by atoms with Crippen LogP contribution in [0.25, 0.3) is 0 Å². The number of amides is 2. The average Bonchev–Trinajstić information content (AvgIpc) is 3.48. The van der Waals surface area contributed by atoms with Crippen LogP contribution >= 0.6 is 0 Å². The monoisotopic (exact) mass is 413 g/mol. The molecule has 0 aromatic heterocycles. The van der Waals surface area contributed by atoms with E-state index in [4.69, 9.17) is 0 Å². The highest BCUT2D eigenvalue weighted by Crippen LogP contribution is 2.48. The van der Waals surface area contributed by atoms with Crippen molar-refractivity contribution in [2.45, 2.75) is 12.1 Å². The highest BCUT2D eigenvalue weighted by atomic mass is 16.6. The number of hydrogen-bond donors (Lipinski definition) is 0. The number of imide groups is 1. The van der Waals surface area contributed by atoms with Gasteiger partial charge in [-0.1, -0.05) is 42.5 Å². The second kappa shape index (κ2) is 6.96. The summed E-state index contributed by atoms with van der Waals surface area (Å²) in [7, 11) is 0. The van der Waals surface area contributed by atoms with Crippen molar-refractivity contribution in [3.63, 3.8) is 0 Å². The molecule has 0 saturated carbocycles. The van der Waals surface area contributed by atoms with Gasteiger partial charge in [-0.2, -0.15) is 5.01 Å². The van der Waals surface area contributed by atoms with E-state index in [9.17, 15) is 24.5 Å². The van der Waals surface area contributed by atoms with Gasteiger partial charge < -0.3 is 0 Å². The van der Waals surface area contributed by atoms with Crippen molar-refractivity contribution in [3.8, 4) is 0 Å². The molecule has 0 spiro atoms. The van der Waals surface area contributed by atoms with Crippen LogP contribution < -0.4 is 0 Å². The van der Waals surface area contributed by atoms with E-state index in [-0.39, 0.29) is 17.0 Å². The first-order valence-electron chi connectivity index (χ1n) is 9.58. The van der Waals surface area contributed by atoms with Crippen LogP contribution in [0.4, 0.5) is 5.69 Å². The first-order valence-corrected chi connectivity index (χ1v) is 9.58. The van der Waals surface area contributed by atoms with Gasteiger partial charge in [-0.05, 0) is 29.8 Å². The van der Waals surface area contributed by atoms with Crippen LogP contribution in [0.3, 0.4) is 0 Å². The molecular formula is C23H15N3O5. The van der Waals surface area contributed by atoms with E-state index in [0.717, 1.165) is 10.6 Å². The van der Waals surface area contributed by atoms with Crippen molar-refractivity contribution in [2.75, 3.05) is 0 Å². The fourth-order valence-electron chi connectivity index (χ4n) is 4.02. The van der Waals surface area contributed by atoms with E-state index in [1.54, 1.807) is 24.3 Å². The first-order chi connectivity index (χ1) is 15.0. The molecular weight excluding hydrogens is 398 g/mol. The number of ketones is 1. The van der Waals surface area contributed by atoms with Crippen molar-refractivity contribution in [1.29, 1.82) is 0 Å². The van der Waals surface area contributed by atoms with Gasteiger partial charge in [0.15, 0.2) is 5.78 Å². The maximum atomic E-state index is 13.3. The molecule has 1 unspecified atom stereocenters. The van der Waals surface area contributed by atoms with Crippen molar-refractivity contribution in [3.05, 3.63) is 111 Å². The smallest absolute Gasteiger partial charge is 0.276 e. The third kappa shape index (κ3) is 2.92. The standard InChI is InChI=1S/C23H15N3O5/c27-21(15-10-12-16(13-11-15)26(30)31)20-19(14-6-2-1-3-7-14)24(20)25-22(28)17-8-4-5-9-18(17)23(25)29/h1-13,19-20H/t19-,20+,24?/m0/s1. The normalized spacial score (nSPS) is 21.7. The van der Waals surface area contributed by atoms with E-state index < -0.39 is 28.8 Å². The second-order valence-corrected chi connectivity index (χ2v) is 7.32. The molecule has 3 aromatic carbocycles. The molecule has 5 rings (SSSR count). The van der Waals surface area contributed by atoms with Crippen LogP contribution in [0.15, 0.2) is 78.9 Å². The zero-order chi connectivity index (χ0) is 21.7. The van der Waals surface area contributed by atoms with Gasteiger partial charge in [-0.15, -0.1) is 0 Å². The number of carbonyl (C=O) groups is 3. The lowest BCUT2D eigenvalue weighted by atomic mass is 10.0. The molecule has 8 nitrogen and oxygen atoms in total. The predicted octanol–water partition coefficient (Wildman–Crippen LogP) is 3.41. The van der Waals surface area contributed by atoms with Crippen LogP contribution in [-0.2, 0) is 0 Å². The Morgan fingerprint density at radius 3 is 1.90 bits per heavy atom. The minimum Gasteiger partial charge on any atom is -0.292 e. The maximum absolute atomic E-state index is 13.3. The lowest BCUT2D eigenvalue weighted by Crippen LogP contribution is -2.37. The third-order valence-corrected chi connectivity index (χ3v) is 5.56. The maximum Gasteiger partial charge on any atom is 0.276 e. The SMILES string of the molecule is O=C(c1ccc([N+](=O)[O-])cc1)[C@H]1[C@H](c2ccccc2)N1N1C(=O)c2ccccc2C1=O. The number of fused-ring (bicyclic) bond motifs is 1. The Morgan fingerprint density at radius 1 is 0.806 bits per heavy atom. The zero-order valence-electron chi connectivity index (χ0n) is 16.0. The number of nitro benzene ring substituents is 1. The molecule has 8 heteroatoms. The molecule has 1 saturated heterocycles. The molecule has 3 atom stereocenters. The molecule has 0 radical (unpaired) electrons. The number of rotatable bonds is 5. The molecule has 2 heterocycles. The number of Topliss-reactive ketones (excluding diaryl/α,β-unsaturated/α-hetero) is 1. The summed E-state index contributed by atoms with van der Waals surface area (Å²) in [6, 6.07) is 19.7. The molecule has 0 aliphatic carbocycles. The van der Waals surface area contributed by atoms with Gasteiger partial charge in [0.25, 0.3) is 17.5 Å². The number of hydrogen-bond acceptors (Lipinski definition) is 6. The van der Waals surface area contributed by atoms with E-state index in [2.05, 4.69) is 0 Å². The molecule has 3 aromatic rings. The summed E-state index contributed by atoms with van der Waals surface area (Å²) in [6.45, 7) is 0. The number of hydrazine groups is 1. The van der Waals surface area contributed by atoms with Crippen molar-refractivity contribution in [2.24, 2.45) is 0 Å². The molecule has 0 bridgehead atoms. The van der Waals surface area contributed by atoms with E-state index in [1.807, 2.05) is 30.3 Å². The summed E-state index contributed by atoms with van der Waals surface area (Å²) in [5.74, 6) is -1.26. The van der Waals surface area contributed by atoms with Gasteiger partial charge in [0.2, 0.25) is 0 Å². The minimum absolute atomic E-state index is 0.121. The highest BCUT2D eigenvalue weighted by Gasteiger charge is 2.61. The van der Waals surface area contributed by atoms with Gasteiger partial charge in [0.05, 0.1) is 22.1 Å².